The van der Waals surface area contributed by atoms with Gasteiger partial charge in [-0.1, -0.05) is 5.11 Å². The fourth-order valence-electron chi connectivity index (χ4n) is 2.15. The number of carbonyl (C=O) groups excluding carboxylic acids is 1. The predicted octanol–water partition coefficient (Wildman–Crippen LogP) is -0.616. The molecule has 0 aromatic heterocycles. The summed E-state index contributed by atoms with van der Waals surface area (Å²) in [5.74, 6) is -0.355. The molecule has 1 amide bonds. The van der Waals surface area contributed by atoms with Crippen molar-refractivity contribution in [1.29, 1.82) is 0 Å². The highest BCUT2D eigenvalue weighted by Crippen LogP contribution is 2.28. The molecule has 104 valence electrons. The number of nitrogens with zero attached hydrogens (tertiary/aromatic N) is 4. The normalized spacial score (nSPS) is 34.6. The van der Waals surface area contributed by atoms with Crippen LogP contribution >= 0.6 is 0 Å². The maximum absolute atomic E-state index is 11.3. The number of ether oxygens (including phenoxy) is 1. The molecule has 0 aromatic carbocycles. The molecule has 9 nitrogen and oxygen atoms in total. The Morgan fingerprint density at radius 1 is 1.74 bits per heavy atom. The minimum Gasteiger partial charge on any atom is -0.394 e. The van der Waals surface area contributed by atoms with Gasteiger partial charge in [0.15, 0.2) is 0 Å². The van der Waals surface area contributed by atoms with Crippen LogP contribution in [0.4, 0.5) is 0 Å². The van der Waals surface area contributed by atoms with Crippen molar-refractivity contribution < 1.29 is 19.7 Å². The lowest BCUT2D eigenvalue weighted by molar-refractivity contribution is -0.142. The van der Waals surface area contributed by atoms with Gasteiger partial charge >= 0.3 is 0 Å². The number of aliphatic hydroxyl groups is 2. The number of nitrogens with one attached hydrogen (secondary N) is 1. The van der Waals surface area contributed by atoms with E-state index >= 15 is 0 Å². The Bertz CT molecular complexity index is 447. The van der Waals surface area contributed by atoms with E-state index in [9.17, 15) is 9.90 Å². The van der Waals surface area contributed by atoms with Crippen LogP contribution in [0.1, 0.15) is 13.3 Å². The minimum absolute atomic E-state index is 0.279. The van der Waals surface area contributed by atoms with E-state index in [1.54, 1.807) is 6.92 Å². The van der Waals surface area contributed by atoms with Gasteiger partial charge in [0.1, 0.15) is 6.23 Å². The zero-order valence-corrected chi connectivity index (χ0v) is 10.3. The van der Waals surface area contributed by atoms with E-state index < -0.39 is 24.7 Å². The van der Waals surface area contributed by atoms with Crippen molar-refractivity contribution in [3.05, 3.63) is 22.2 Å². The molecule has 2 unspecified atom stereocenters. The highest BCUT2D eigenvalue weighted by molar-refractivity contribution is 5.93. The summed E-state index contributed by atoms with van der Waals surface area (Å²) in [5, 5.41) is 24.9. The average molecular weight is 269 g/mol. The molecule has 2 aliphatic rings. The maximum Gasteiger partial charge on any atom is 0.251 e. The van der Waals surface area contributed by atoms with Crippen molar-refractivity contribution >= 4 is 5.91 Å². The first kappa shape index (κ1) is 13.6. The first-order chi connectivity index (χ1) is 9.06. The van der Waals surface area contributed by atoms with Gasteiger partial charge in [-0.05, 0) is 12.5 Å². The van der Waals surface area contributed by atoms with Gasteiger partial charge in [-0.2, -0.15) is 0 Å². The number of rotatable bonds is 3. The molecule has 0 aliphatic carbocycles. The van der Waals surface area contributed by atoms with Crippen LogP contribution in [0.2, 0.25) is 0 Å². The molecule has 9 heteroatoms. The van der Waals surface area contributed by atoms with E-state index in [0.29, 0.717) is 12.0 Å². The average Bonchev–Trinajstić information content (AvgIpc) is 2.77. The van der Waals surface area contributed by atoms with Crippen LogP contribution in [-0.4, -0.2) is 52.4 Å². The first-order valence-corrected chi connectivity index (χ1v) is 5.82. The van der Waals surface area contributed by atoms with Crippen molar-refractivity contribution in [3.63, 3.8) is 0 Å². The van der Waals surface area contributed by atoms with Crippen molar-refractivity contribution in [2.75, 3.05) is 6.61 Å². The second-order valence-electron chi connectivity index (χ2n) is 4.43. The van der Waals surface area contributed by atoms with Crippen LogP contribution in [0, 0.1) is 0 Å². The topological polar surface area (TPSA) is 131 Å². The second-order valence-corrected chi connectivity index (χ2v) is 4.43. The van der Waals surface area contributed by atoms with Crippen LogP contribution < -0.4 is 5.32 Å². The van der Waals surface area contributed by atoms with Crippen molar-refractivity contribution in [3.8, 4) is 0 Å². The van der Waals surface area contributed by atoms with Gasteiger partial charge in [0.2, 0.25) is 6.35 Å². The molecule has 0 radical (unpaired) electrons. The zero-order chi connectivity index (χ0) is 14.0. The maximum atomic E-state index is 11.3. The largest absolute Gasteiger partial charge is 0.394 e. The van der Waals surface area contributed by atoms with Gasteiger partial charge in [0, 0.05) is 23.1 Å². The number of hydrogen-bond donors (Lipinski definition) is 3. The summed E-state index contributed by atoms with van der Waals surface area (Å²) in [7, 11) is 0. The van der Waals surface area contributed by atoms with Crippen LogP contribution in [0.3, 0.4) is 0 Å². The van der Waals surface area contributed by atoms with Crippen molar-refractivity contribution in [2.24, 2.45) is 5.11 Å². The van der Waals surface area contributed by atoms with Gasteiger partial charge in [0.05, 0.1) is 18.8 Å². The van der Waals surface area contributed by atoms with E-state index in [1.807, 2.05) is 0 Å². The lowest BCUT2D eigenvalue weighted by atomic mass is 10.1. The molecule has 0 aromatic rings. The summed E-state index contributed by atoms with van der Waals surface area (Å²) in [6.45, 7) is 1.33. The van der Waals surface area contributed by atoms with Crippen LogP contribution in [0.5, 0.6) is 0 Å². The van der Waals surface area contributed by atoms with Crippen molar-refractivity contribution in [1.82, 2.24) is 10.2 Å². The van der Waals surface area contributed by atoms with E-state index in [1.165, 1.54) is 11.1 Å². The van der Waals surface area contributed by atoms with Crippen LogP contribution in [-0.2, 0) is 9.53 Å². The van der Waals surface area contributed by atoms with Gasteiger partial charge in [-0.15, -0.1) is 0 Å². The third-order valence-corrected chi connectivity index (χ3v) is 3.16. The summed E-state index contributed by atoms with van der Waals surface area (Å²) in [6, 6.07) is -0.501. The Labute approximate surface area is 109 Å². The summed E-state index contributed by atoms with van der Waals surface area (Å²) < 4.78 is 5.52. The van der Waals surface area contributed by atoms with E-state index in [0.717, 1.165) is 0 Å². The van der Waals surface area contributed by atoms with Gasteiger partial charge in [0.25, 0.3) is 5.91 Å². The standard InChI is InChI=1S/C10H15N5O4/c1-5-3-15(10(18)12-9(5)17)8-2-6(13-14-11)7(4-16)19-8/h3,6-8,10,16,18H,2,4H2,1H3,(H,12,17)/t6?,7-,8-,10?/m1/s1. The second kappa shape index (κ2) is 5.45. The molecule has 19 heavy (non-hydrogen) atoms. The highest BCUT2D eigenvalue weighted by Gasteiger charge is 2.40. The molecule has 0 saturated carbocycles. The summed E-state index contributed by atoms with van der Waals surface area (Å²) in [5.41, 5.74) is 8.89. The molecular weight excluding hydrogens is 254 g/mol. The Morgan fingerprint density at radius 2 is 2.47 bits per heavy atom. The highest BCUT2D eigenvalue weighted by atomic mass is 16.5. The Balaban J connectivity index is 2.15. The van der Waals surface area contributed by atoms with Crippen molar-refractivity contribution in [2.45, 2.75) is 38.1 Å². The first-order valence-electron chi connectivity index (χ1n) is 5.82. The number of hydrogen-bond acceptors (Lipinski definition) is 6. The molecule has 2 heterocycles. The number of amides is 1. The van der Waals surface area contributed by atoms with E-state index in [-0.39, 0.29) is 12.5 Å². The molecule has 2 aliphatic heterocycles. The third-order valence-electron chi connectivity index (χ3n) is 3.16. The molecule has 1 saturated heterocycles. The SMILES string of the molecule is CC1=CN([C@H]2CC(N=[N+]=[N-])[C@@H](CO)O2)C(O)NC1=O. The van der Waals surface area contributed by atoms with Gasteiger partial charge in [-0.3, -0.25) is 4.79 Å². The molecular formula is C10H15N5O4. The Kier molecular flexibility index (Phi) is 3.91. The zero-order valence-electron chi connectivity index (χ0n) is 10.3. The summed E-state index contributed by atoms with van der Waals surface area (Å²) in [6.07, 6.45) is -0.574. The van der Waals surface area contributed by atoms with Gasteiger partial charge < -0.3 is 25.2 Å². The smallest absolute Gasteiger partial charge is 0.251 e. The molecule has 3 N–H and O–H groups in total. The fraction of sp³-hybridized carbons (Fsp3) is 0.700. The molecule has 0 spiro atoms. The van der Waals surface area contributed by atoms with Gasteiger partial charge in [-0.25, -0.2) is 0 Å². The van der Waals surface area contributed by atoms with Crippen LogP contribution in [0.25, 0.3) is 10.4 Å². The molecule has 4 atom stereocenters. The predicted molar refractivity (Wildman–Crippen MR) is 63.0 cm³/mol. The van der Waals surface area contributed by atoms with E-state index in [2.05, 4.69) is 15.3 Å². The number of carbonyl (C=O) groups is 1. The monoisotopic (exact) mass is 269 g/mol. The quantitative estimate of drug-likeness (QED) is 0.357. The number of aliphatic hydroxyl groups excluding tert-OH is 2. The lowest BCUT2D eigenvalue weighted by Gasteiger charge is -2.35. The van der Waals surface area contributed by atoms with E-state index in [4.69, 9.17) is 15.4 Å². The molecule has 1 fully saturated rings. The molecule has 2 rings (SSSR count). The van der Waals surface area contributed by atoms with Crippen LogP contribution in [0.15, 0.2) is 16.9 Å². The fourth-order valence-corrected chi connectivity index (χ4v) is 2.15. The summed E-state index contributed by atoms with van der Waals surface area (Å²) >= 11 is 0. The Morgan fingerprint density at radius 3 is 3.11 bits per heavy atom. The lowest BCUT2D eigenvalue weighted by Crippen LogP contribution is -2.53. The molecule has 0 bridgehead atoms. The number of azide groups is 1. The minimum atomic E-state index is -1.20. The summed E-state index contributed by atoms with van der Waals surface area (Å²) in [4.78, 5) is 15.5. The third kappa shape index (κ3) is 2.64. The Hall–Kier alpha value is -1.80.